The maximum atomic E-state index is 11.9. The van der Waals surface area contributed by atoms with E-state index in [1.54, 1.807) is 0 Å². The van der Waals surface area contributed by atoms with Crippen molar-refractivity contribution in [3.05, 3.63) is 51.1 Å². The predicted octanol–water partition coefficient (Wildman–Crippen LogP) is 2.88. The van der Waals surface area contributed by atoms with Gasteiger partial charge < -0.3 is 15.5 Å². The monoisotopic (exact) mass is 467 g/mol. The summed E-state index contributed by atoms with van der Waals surface area (Å²) < 4.78 is 1.08. The van der Waals surface area contributed by atoms with Gasteiger partial charge in [0.05, 0.1) is 6.21 Å². The fraction of sp³-hybridized carbons (Fsp3) is 0.167. The summed E-state index contributed by atoms with van der Waals surface area (Å²) >= 11 is 2.19. The number of hydrazone groups is 1. The molecule has 0 unspecified atom stereocenters. The maximum absolute atomic E-state index is 11.9. The lowest BCUT2D eigenvalue weighted by molar-refractivity contribution is -0.124. The molecule has 0 saturated carbocycles. The number of aryl methyl sites for hydroxylation is 1. The number of nitrogens with one attached hydrogen (secondary N) is 2. The molecule has 4 N–H and O–H groups in total. The minimum absolute atomic E-state index is 0.0197. The molecule has 0 aliphatic rings. The summed E-state index contributed by atoms with van der Waals surface area (Å²) in [5.41, 5.74) is 4.30. The molecule has 0 atom stereocenters. The summed E-state index contributed by atoms with van der Waals surface area (Å²) in [5, 5.41) is 25.3. The number of halogens is 1. The van der Waals surface area contributed by atoms with Gasteiger partial charge in [0.1, 0.15) is 11.5 Å². The summed E-state index contributed by atoms with van der Waals surface area (Å²) in [6.07, 6.45) is 1.26. The first-order chi connectivity index (χ1) is 12.3. The van der Waals surface area contributed by atoms with Gasteiger partial charge in [0.25, 0.3) is 0 Å². The summed E-state index contributed by atoms with van der Waals surface area (Å²) in [6.45, 7) is 1.90. The largest absolute Gasteiger partial charge is 0.508 e. The van der Waals surface area contributed by atoms with Crippen molar-refractivity contribution in [2.24, 2.45) is 5.10 Å². The van der Waals surface area contributed by atoms with E-state index in [1.807, 2.05) is 25.1 Å². The number of hydrogen-bond donors (Lipinski definition) is 4. The minimum atomic E-state index is -0.422. The Hall–Kier alpha value is -2.62. The van der Waals surface area contributed by atoms with Crippen molar-refractivity contribution in [3.8, 4) is 11.5 Å². The van der Waals surface area contributed by atoms with E-state index in [9.17, 15) is 19.8 Å². The molecule has 0 aliphatic heterocycles. The number of anilines is 1. The van der Waals surface area contributed by atoms with Crippen molar-refractivity contribution in [2.45, 2.75) is 19.8 Å². The molecule has 0 heterocycles. The van der Waals surface area contributed by atoms with Gasteiger partial charge in [0, 0.05) is 33.7 Å². The Kier molecular flexibility index (Phi) is 6.96. The van der Waals surface area contributed by atoms with Crippen molar-refractivity contribution >= 4 is 46.3 Å². The van der Waals surface area contributed by atoms with Crippen LogP contribution in [0.1, 0.15) is 24.0 Å². The number of benzene rings is 2. The first kappa shape index (κ1) is 19.7. The lowest BCUT2D eigenvalue weighted by Crippen LogP contribution is -2.20. The van der Waals surface area contributed by atoms with Crippen molar-refractivity contribution in [3.63, 3.8) is 0 Å². The molecule has 26 heavy (non-hydrogen) atoms. The molecule has 0 aliphatic carbocycles. The standard InChI is InChI=1S/C18H18IN3O4/c1-11-8-13(19)3-5-15(11)21-17(25)6-7-18(26)22-20-10-12-2-4-14(23)9-16(12)24/h2-5,8-10,23-24H,6-7H2,1H3,(H,21,25)(H,22,26)/b20-10+. The molecule has 0 spiro atoms. The Labute approximate surface area is 164 Å². The second-order valence-electron chi connectivity index (χ2n) is 5.54. The molecule has 2 rings (SSSR count). The minimum Gasteiger partial charge on any atom is -0.508 e. The third kappa shape index (κ3) is 6.03. The van der Waals surface area contributed by atoms with Crippen LogP contribution >= 0.6 is 22.6 Å². The van der Waals surface area contributed by atoms with E-state index in [1.165, 1.54) is 24.4 Å². The van der Waals surface area contributed by atoms with E-state index in [0.717, 1.165) is 14.8 Å². The molecule has 0 bridgehead atoms. The summed E-state index contributed by atoms with van der Waals surface area (Å²) in [4.78, 5) is 23.7. The fourth-order valence-electron chi connectivity index (χ4n) is 2.08. The Morgan fingerprint density at radius 3 is 2.54 bits per heavy atom. The number of carbonyl (C=O) groups is 2. The zero-order valence-corrected chi connectivity index (χ0v) is 16.1. The second kappa shape index (κ2) is 9.18. The molecule has 0 saturated heterocycles. The molecule has 136 valence electrons. The number of rotatable bonds is 6. The number of amides is 2. The van der Waals surface area contributed by atoms with Gasteiger partial charge in [-0.05, 0) is 65.4 Å². The highest BCUT2D eigenvalue weighted by Gasteiger charge is 2.08. The van der Waals surface area contributed by atoms with Crippen LogP contribution in [0.25, 0.3) is 0 Å². The molecule has 0 radical (unpaired) electrons. The van der Waals surface area contributed by atoms with E-state index in [-0.39, 0.29) is 30.2 Å². The summed E-state index contributed by atoms with van der Waals surface area (Å²) in [7, 11) is 0. The highest BCUT2D eigenvalue weighted by molar-refractivity contribution is 14.1. The quantitative estimate of drug-likeness (QED) is 0.298. The van der Waals surface area contributed by atoms with Gasteiger partial charge in [0.2, 0.25) is 11.8 Å². The SMILES string of the molecule is Cc1cc(I)ccc1NC(=O)CCC(=O)N/N=C/c1ccc(O)cc1O. The van der Waals surface area contributed by atoms with Gasteiger partial charge in [-0.1, -0.05) is 0 Å². The zero-order chi connectivity index (χ0) is 19.1. The molecule has 2 aromatic carbocycles. The van der Waals surface area contributed by atoms with Crippen LogP contribution in [0.4, 0.5) is 5.69 Å². The van der Waals surface area contributed by atoms with Crippen LogP contribution in [0.5, 0.6) is 11.5 Å². The van der Waals surface area contributed by atoms with Crippen LogP contribution in [0.2, 0.25) is 0 Å². The van der Waals surface area contributed by atoms with Crippen LogP contribution in [-0.4, -0.2) is 28.2 Å². The van der Waals surface area contributed by atoms with Crippen LogP contribution in [-0.2, 0) is 9.59 Å². The van der Waals surface area contributed by atoms with E-state index in [2.05, 4.69) is 38.4 Å². The van der Waals surface area contributed by atoms with E-state index >= 15 is 0 Å². The smallest absolute Gasteiger partial charge is 0.240 e. The first-order valence-electron chi connectivity index (χ1n) is 7.75. The van der Waals surface area contributed by atoms with Crippen molar-refractivity contribution < 1.29 is 19.8 Å². The van der Waals surface area contributed by atoms with Crippen molar-refractivity contribution in [1.82, 2.24) is 5.43 Å². The molecule has 0 aromatic heterocycles. The number of carbonyl (C=O) groups excluding carboxylic acids is 2. The average Bonchev–Trinajstić information content (AvgIpc) is 2.57. The number of phenols is 2. The highest BCUT2D eigenvalue weighted by Crippen LogP contribution is 2.20. The average molecular weight is 467 g/mol. The molecule has 7 nitrogen and oxygen atoms in total. The number of nitrogens with zero attached hydrogens (tertiary/aromatic N) is 1. The summed E-state index contributed by atoms with van der Waals surface area (Å²) in [5.74, 6) is -0.910. The predicted molar refractivity (Wildman–Crippen MR) is 107 cm³/mol. The number of hydrogen-bond acceptors (Lipinski definition) is 5. The third-order valence-corrected chi connectivity index (χ3v) is 4.12. The van der Waals surface area contributed by atoms with E-state index in [0.29, 0.717) is 5.56 Å². The molecular formula is C18H18IN3O4. The van der Waals surface area contributed by atoms with Gasteiger partial charge in [-0.15, -0.1) is 0 Å². The topological polar surface area (TPSA) is 111 Å². The van der Waals surface area contributed by atoms with Crippen molar-refractivity contribution in [2.75, 3.05) is 5.32 Å². The van der Waals surface area contributed by atoms with Crippen LogP contribution in [0.3, 0.4) is 0 Å². The molecule has 2 amide bonds. The van der Waals surface area contributed by atoms with Gasteiger partial charge in [-0.3, -0.25) is 9.59 Å². The maximum Gasteiger partial charge on any atom is 0.240 e. The van der Waals surface area contributed by atoms with Crippen LogP contribution in [0.15, 0.2) is 41.5 Å². The van der Waals surface area contributed by atoms with E-state index in [4.69, 9.17) is 0 Å². The second-order valence-corrected chi connectivity index (χ2v) is 6.79. The van der Waals surface area contributed by atoms with Gasteiger partial charge in [-0.2, -0.15) is 5.10 Å². The Morgan fingerprint density at radius 2 is 1.85 bits per heavy atom. The Morgan fingerprint density at radius 1 is 1.12 bits per heavy atom. The van der Waals surface area contributed by atoms with Gasteiger partial charge >= 0.3 is 0 Å². The molecule has 2 aromatic rings. The van der Waals surface area contributed by atoms with Gasteiger partial charge in [-0.25, -0.2) is 5.43 Å². The fourth-order valence-corrected chi connectivity index (χ4v) is 2.72. The lowest BCUT2D eigenvalue weighted by Gasteiger charge is -2.08. The third-order valence-electron chi connectivity index (χ3n) is 3.45. The normalized spacial score (nSPS) is 10.7. The Bertz CT molecular complexity index is 852. The highest BCUT2D eigenvalue weighted by atomic mass is 127. The molecule has 0 fully saturated rings. The Balaban J connectivity index is 1.79. The van der Waals surface area contributed by atoms with Crippen LogP contribution < -0.4 is 10.7 Å². The lowest BCUT2D eigenvalue weighted by atomic mass is 10.2. The summed E-state index contributed by atoms with van der Waals surface area (Å²) in [6, 6.07) is 9.68. The van der Waals surface area contributed by atoms with E-state index < -0.39 is 5.91 Å². The molecule has 8 heteroatoms. The van der Waals surface area contributed by atoms with Gasteiger partial charge in [0.15, 0.2) is 0 Å². The number of phenolic OH excluding ortho intramolecular Hbond substituents is 2. The molecular weight excluding hydrogens is 449 g/mol. The van der Waals surface area contributed by atoms with Crippen molar-refractivity contribution in [1.29, 1.82) is 0 Å². The zero-order valence-electron chi connectivity index (χ0n) is 14.0. The number of aromatic hydroxyl groups is 2. The van der Waals surface area contributed by atoms with Crippen LogP contribution in [0, 0.1) is 10.5 Å². The first-order valence-corrected chi connectivity index (χ1v) is 8.83.